The maximum Gasteiger partial charge on any atom is 0.151 e. The van der Waals surface area contributed by atoms with Gasteiger partial charge in [-0.3, -0.25) is 0 Å². The zero-order chi connectivity index (χ0) is 20.0. The second-order valence-corrected chi connectivity index (χ2v) is 7.73. The molecule has 3 aromatic rings. The van der Waals surface area contributed by atoms with Gasteiger partial charge in [0, 0.05) is 42.9 Å². The molecule has 2 aliphatic heterocycles. The van der Waals surface area contributed by atoms with Crippen LogP contribution in [0.3, 0.4) is 0 Å². The molecule has 5 rings (SSSR count). The van der Waals surface area contributed by atoms with Gasteiger partial charge in [-0.1, -0.05) is 6.08 Å². The maximum absolute atomic E-state index is 10.5. The lowest BCUT2D eigenvalue weighted by Gasteiger charge is -2.35. The van der Waals surface area contributed by atoms with Crippen molar-refractivity contribution in [2.24, 2.45) is 0 Å². The van der Waals surface area contributed by atoms with Crippen LogP contribution >= 0.6 is 0 Å². The average Bonchev–Trinajstić information content (AvgIpc) is 3.32. The minimum Gasteiger partial charge on any atom is -0.507 e. The molecule has 4 heterocycles. The lowest BCUT2D eigenvalue weighted by molar-refractivity contribution is 0.423. The minimum atomic E-state index is 0.132. The summed E-state index contributed by atoms with van der Waals surface area (Å²) in [5.41, 5.74) is 3.35. The van der Waals surface area contributed by atoms with Crippen molar-refractivity contribution in [2.45, 2.75) is 38.3 Å². The monoisotopic (exact) mass is 389 g/mol. The van der Waals surface area contributed by atoms with E-state index in [9.17, 15) is 5.11 Å². The summed E-state index contributed by atoms with van der Waals surface area (Å²) in [6.45, 7) is 1.82. The van der Waals surface area contributed by atoms with Gasteiger partial charge in [0.25, 0.3) is 0 Å². The van der Waals surface area contributed by atoms with E-state index in [1.807, 2.05) is 31.2 Å². The van der Waals surface area contributed by atoms with E-state index in [0.29, 0.717) is 29.2 Å². The summed E-state index contributed by atoms with van der Waals surface area (Å²) < 4.78 is 1.63. The van der Waals surface area contributed by atoms with Crippen LogP contribution in [0.4, 0.5) is 5.82 Å². The second-order valence-electron chi connectivity index (χ2n) is 7.73. The number of hydrogen-bond donors (Lipinski definition) is 2. The first-order valence-corrected chi connectivity index (χ1v) is 9.81. The van der Waals surface area contributed by atoms with Crippen LogP contribution in [0.1, 0.15) is 25.1 Å². The van der Waals surface area contributed by atoms with Crippen LogP contribution < -0.4 is 10.2 Å². The van der Waals surface area contributed by atoms with Crippen molar-refractivity contribution >= 4 is 5.82 Å². The maximum atomic E-state index is 10.5. The summed E-state index contributed by atoms with van der Waals surface area (Å²) in [5.74, 6) is 1.65. The van der Waals surface area contributed by atoms with Crippen LogP contribution in [0.25, 0.3) is 16.9 Å². The molecule has 1 fully saturated rings. The number of benzene rings is 1. The van der Waals surface area contributed by atoms with Gasteiger partial charge in [0.05, 0.1) is 11.4 Å². The Morgan fingerprint density at radius 3 is 2.79 bits per heavy atom. The number of hydrogen-bond acceptors (Lipinski definition) is 7. The van der Waals surface area contributed by atoms with E-state index in [-0.39, 0.29) is 5.75 Å². The fraction of sp³-hybridized carbons (Fsp3) is 0.333. The normalized spacial score (nSPS) is 20.3. The molecular weight excluding hydrogens is 366 g/mol. The highest BCUT2D eigenvalue weighted by molar-refractivity contribution is 5.69. The SMILES string of the molecule is Cc1ncn(-c2ccc(-c3ccc(N(C)[C@@H]4CC5=CCC(C4)N5)nn3)c(O)c2)n1. The molecule has 0 saturated carbocycles. The van der Waals surface area contributed by atoms with Gasteiger partial charge in [0.2, 0.25) is 0 Å². The van der Waals surface area contributed by atoms with E-state index in [4.69, 9.17) is 0 Å². The van der Waals surface area contributed by atoms with Crippen LogP contribution in [0.2, 0.25) is 0 Å². The lowest BCUT2D eigenvalue weighted by atomic mass is 9.99. The fourth-order valence-electron chi connectivity index (χ4n) is 4.12. The van der Waals surface area contributed by atoms with Crippen molar-refractivity contribution in [3.05, 3.63) is 54.3 Å². The minimum absolute atomic E-state index is 0.132. The molecule has 2 N–H and O–H groups in total. The molecule has 0 amide bonds. The van der Waals surface area contributed by atoms with Crippen molar-refractivity contribution in [1.29, 1.82) is 0 Å². The van der Waals surface area contributed by atoms with Crippen molar-refractivity contribution in [3.8, 4) is 22.7 Å². The Morgan fingerprint density at radius 2 is 2.10 bits per heavy atom. The van der Waals surface area contributed by atoms with Gasteiger partial charge in [-0.15, -0.1) is 10.2 Å². The number of rotatable bonds is 4. The van der Waals surface area contributed by atoms with E-state index >= 15 is 0 Å². The number of anilines is 1. The Balaban J connectivity index is 1.35. The molecule has 0 aliphatic carbocycles. The van der Waals surface area contributed by atoms with Gasteiger partial charge in [-0.2, -0.15) is 5.10 Å². The number of phenolic OH excluding ortho intramolecular Hbond substituents is 1. The van der Waals surface area contributed by atoms with Gasteiger partial charge in [-0.25, -0.2) is 9.67 Å². The summed E-state index contributed by atoms with van der Waals surface area (Å²) in [4.78, 5) is 6.33. The Morgan fingerprint density at radius 1 is 1.21 bits per heavy atom. The summed E-state index contributed by atoms with van der Waals surface area (Å²) in [7, 11) is 2.08. The van der Waals surface area contributed by atoms with Crippen molar-refractivity contribution < 1.29 is 5.11 Å². The third kappa shape index (κ3) is 3.30. The number of aromatic nitrogens is 5. The summed E-state index contributed by atoms with van der Waals surface area (Å²) in [6.07, 6.45) is 7.16. The number of piperidine rings is 1. The standard InChI is InChI=1S/C21H23N7O/c1-13-22-12-28(26-13)16-5-6-18(20(29)11-16)19-7-8-21(25-24-19)27(2)17-9-14-3-4-15(10-17)23-14/h3,5-8,11-12,15,17,23,29H,4,9-10H2,1-2H3/t15?,17-/m1/s1. The molecule has 29 heavy (non-hydrogen) atoms. The molecule has 1 unspecified atom stereocenters. The largest absolute Gasteiger partial charge is 0.507 e. The first kappa shape index (κ1) is 17.7. The Bertz CT molecular complexity index is 1070. The fourth-order valence-corrected chi connectivity index (χ4v) is 4.12. The molecule has 2 aliphatic rings. The van der Waals surface area contributed by atoms with Crippen LogP contribution in [0.5, 0.6) is 5.75 Å². The highest BCUT2D eigenvalue weighted by Gasteiger charge is 2.30. The van der Waals surface area contributed by atoms with Gasteiger partial charge in [0.15, 0.2) is 5.82 Å². The molecule has 2 bridgehead atoms. The third-order valence-corrected chi connectivity index (χ3v) is 5.74. The van der Waals surface area contributed by atoms with Crippen molar-refractivity contribution in [3.63, 3.8) is 0 Å². The van der Waals surface area contributed by atoms with Gasteiger partial charge in [0.1, 0.15) is 17.9 Å². The average molecular weight is 389 g/mol. The number of phenols is 1. The molecule has 8 heteroatoms. The number of nitrogens with zero attached hydrogens (tertiary/aromatic N) is 6. The molecule has 2 aromatic heterocycles. The van der Waals surface area contributed by atoms with Crippen molar-refractivity contribution in [2.75, 3.05) is 11.9 Å². The van der Waals surface area contributed by atoms with Gasteiger partial charge < -0.3 is 15.3 Å². The first-order valence-electron chi connectivity index (χ1n) is 9.81. The zero-order valence-electron chi connectivity index (χ0n) is 16.4. The highest BCUT2D eigenvalue weighted by atomic mass is 16.3. The predicted molar refractivity (Wildman–Crippen MR) is 110 cm³/mol. The van der Waals surface area contributed by atoms with Gasteiger partial charge in [-0.05, 0) is 44.0 Å². The number of fused-ring (bicyclic) bond motifs is 2. The van der Waals surface area contributed by atoms with E-state index in [1.165, 1.54) is 5.70 Å². The Labute approximate surface area is 168 Å². The summed E-state index contributed by atoms with van der Waals surface area (Å²) >= 11 is 0. The van der Waals surface area contributed by atoms with Crippen molar-refractivity contribution in [1.82, 2.24) is 30.3 Å². The topological polar surface area (TPSA) is 92.0 Å². The molecule has 1 aromatic carbocycles. The lowest BCUT2D eigenvalue weighted by Crippen LogP contribution is -2.43. The van der Waals surface area contributed by atoms with E-state index < -0.39 is 0 Å². The molecule has 148 valence electrons. The second kappa shape index (κ2) is 6.88. The van der Waals surface area contributed by atoms with Crippen LogP contribution in [-0.2, 0) is 0 Å². The van der Waals surface area contributed by atoms with Crippen LogP contribution in [0.15, 0.2) is 48.4 Å². The molecule has 1 saturated heterocycles. The van der Waals surface area contributed by atoms with Crippen LogP contribution in [0, 0.1) is 6.92 Å². The quantitative estimate of drug-likeness (QED) is 0.708. The number of nitrogens with one attached hydrogen (secondary N) is 1. The first-order chi connectivity index (χ1) is 14.1. The molecule has 0 radical (unpaired) electrons. The van der Waals surface area contributed by atoms with Crippen LogP contribution in [-0.4, -0.2) is 49.2 Å². The third-order valence-electron chi connectivity index (χ3n) is 5.74. The number of aryl methyl sites for hydroxylation is 1. The van der Waals surface area contributed by atoms with E-state index in [2.05, 4.69) is 43.6 Å². The van der Waals surface area contributed by atoms with E-state index in [0.717, 1.165) is 30.8 Å². The Kier molecular flexibility index (Phi) is 4.19. The Hall–Kier alpha value is -3.42. The predicted octanol–water partition coefficient (Wildman–Crippen LogP) is 2.58. The van der Waals surface area contributed by atoms with E-state index in [1.54, 1.807) is 17.1 Å². The molecule has 8 nitrogen and oxygen atoms in total. The molecule has 2 atom stereocenters. The zero-order valence-corrected chi connectivity index (χ0v) is 16.4. The summed E-state index contributed by atoms with van der Waals surface area (Å²) in [5, 5.41) is 27.1. The number of aromatic hydroxyl groups is 1. The summed E-state index contributed by atoms with van der Waals surface area (Å²) in [6, 6.07) is 10.2. The molecular formula is C21H23N7O. The smallest absolute Gasteiger partial charge is 0.151 e. The van der Waals surface area contributed by atoms with Gasteiger partial charge >= 0.3 is 0 Å². The molecule has 0 spiro atoms. The highest BCUT2D eigenvalue weighted by Crippen LogP contribution is 2.32.